The Bertz CT molecular complexity index is 475. The van der Waals surface area contributed by atoms with Crippen molar-refractivity contribution in [2.24, 2.45) is 5.73 Å². The molecule has 0 amide bonds. The number of esters is 1. The fourth-order valence-corrected chi connectivity index (χ4v) is 2.55. The Morgan fingerprint density at radius 1 is 1.50 bits per heavy atom. The molecule has 5 nitrogen and oxygen atoms in total. The molecule has 6 heteroatoms. The van der Waals surface area contributed by atoms with Gasteiger partial charge in [0.15, 0.2) is 0 Å². The molecule has 0 aliphatic carbocycles. The van der Waals surface area contributed by atoms with Gasteiger partial charge in [-0.25, -0.2) is 0 Å². The third-order valence-corrected chi connectivity index (χ3v) is 3.63. The van der Waals surface area contributed by atoms with Crippen LogP contribution in [0.2, 0.25) is 5.02 Å². The van der Waals surface area contributed by atoms with Gasteiger partial charge in [0.2, 0.25) is 0 Å². The van der Waals surface area contributed by atoms with Gasteiger partial charge >= 0.3 is 5.97 Å². The third-order valence-electron chi connectivity index (χ3n) is 3.32. The van der Waals surface area contributed by atoms with Gasteiger partial charge < -0.3 is 20.1 Å². The maximum atomic E-state index is 11.3. The molecule has 0 saturated carbocycles. The summed E-state index contributed by atoms with van der Waals surface area (Å²) in [4.78, 5) is 13.5. The summed E-state index contributed by atoms with van der Waals surface area (Å²) in [6.07, 6.45) is 0.412. The second-order valence-corrected chi connectivity index (χ2v) is 5.13. The molecule has 0 aromatic heterocycles. The zero-order valence-corrected chi connectivity index (χ0v) is 12.2. The van der Waals surface area contributed by atoms with Crippen LogP contribution < -0.4 is 10.6 Å². The molecule has 20 heavy (non-hydrogen) atoms. The van der Waals surface area contributed by atoms with Crippen LogP contribution in [0.15, 0.2) is 18.2 Å². The van der Waals surface area contributed by atoms with Gasteiger partial charge in [0, 0.05) is 13.1 Å². The summed E-state index contributed by atoms with van der Waals surface area (Å²) in [5.74, 6) is -0.418. The first-order chi connectivity index (χ1) is 9.61. The highest BCUT2D eigenvalue weighted by Crippen LogP contribution is 2.28. The maximum Gasteiger partial charge on any atom is 0.322 e. The van der Waals surface area contributed by atoms with Crippen molar-refractivity contribution in [3.05, 3.63) is 28.8 Å². The highest BCUT2D eigenvalue weighted by Gasteiger charge is 2.17. The van der Waals surface area contributed by atoms with Crippen molar-refractivity contribution in [1.29, 1.82) is 0 Å². The molecule has 0 spiro atoms. The van der Waals surface area contributed by atoms with Crippen LogP contribution in [0.4, 0.5) is 5.69 Å². The van der Waals surface area contributed by atoms with E-state index in [1.165, 1.54) is 7.11 Å². The Hall–Kier alpha value is -1.30. The highest BCUT2D eigenvalue weighted by molar-refractivity contribution is 6.33. The Morgan fingerprint density at radius 3 is 2.80 bits per heavy atom. The molecule has 1 saturated heterocycles. The van der Waals surface area contributed by atoms with E-state index in [0.717, 1.165) is 24.3 Å². The van der Waals surface area contributed by atoms with Crippen LogP contribution >= 0.6 is 11.6 Å². The summed E-state index contributed by atoms with van der Waals surface area (Å²) < 4.78 is 9.94. The van der Waals surface area contributed by atoms with Gasteiger partial charge in [0.05, 0.1) is 31.0 Å². The summed E-state index contributed by atoms with van der Waals surface area (Å²) in [5.41, 5.74) is 7.66. The smallest absolute Gasteiger partial charge is 0.322 e. The van der Waals surface area contributed by atoms with Gasteiger partial charge in [-0.05, 0) is 24.1 Å². The highest BCUT2D eigenvalue weighted by atomic mass is 35.5. The van der Waals surface area contributed by atoms with Crippen molar-refractivity contribution in [2.45, 2.75) is 12.5 Å². The second-order valence-electron chi connectivity index (χ2n) is 4.72. The number of morpholine rings is 1. The summed E-state index contributed by atoms with van der Waals surface area (Å²) in [7, 11) is 1.33. The minimum atomic E-state index is -0.662. The van der Waals surface area contributed by atoms with Gasteiger partial charge in [-0.1, -0.05) is 17.7 Å². The van der Waals surface area contributed by atoms with E-state index in [0.29, 0.717) is 24.7 Å². The molecule has 2 N–H and O–H groups in total. The van der Waals surface area contributed by atoms with Gasteiger partial charge in [-0.15, -0.1) is 0 Å². The van der Waals surface area contributed by atoms with E-state index in [9.17, 15) is 4.79 Å². The van der Waals surface area contributed by atoms with Crippen molar-refractivity contribution < 1.29 is 14.3 Å². The second kappa shape index (κ2) is 6.92. The average molecular weight is 299 g/mol. The van der Waals surface area contributed by atoms with Crippen LogP contribution in [0.25, 0.3) is 0 Å². The fourth-order valence-electron chi connectivity index (χ4n) is 2.23. The van der Waals surface area contributed by atoms with Crippen LogP contribution in [0.1, 0.15) is 5.56 Å². The molecule has 1 heterocycles. The van der Waals surface area contributed by atoms with E-state index in [-0.39, 0.29) is 0 Å². The number of nitrogens with two attached hydrogens (primary N) is 1. The van der Waals surface area contributed by atoms with Crippen molar-refractivity contribution in [1.82, 2.24) is 0 Å². The molecule has 1 fully saturated rings. The molecule has 1 aliphatic heterocycles. The molecule has 0 bridgehead atoms. The number of carbonyl (C=O) groups is 1. The zero-order valence-electron chi connectivity index (χ0n) is 11.5. The van der Waals surface area contributed by atoms with Gasteiger partial charge in [0.1, 0.15) is 6.04 Å². The molecular weight excluding hydrogens is 280 g/mol. The lowest BCUT2D eigenvalue weighted by Crippen LogP contribution is -2.36. The minimum absolute atomic E-state index is 0.412. The predicted molar refractivity (Wildman–Crippen MR) is 78.2 cm³/mol. The number of anilines is 1. The van der Waals surface area contributed by atoms with E-state index in [2.05, 4.69) is 9.64 Å². The lowest BCUT2D eigenvalue weighted by molar-refractivity contribution is -0.142. The number of methoxy groups -OCH3 is 1. The van der Waals surface area contributed by atoms with E-state index < -0.39 is 12.0 Å². The van der Waals surface area contributed by atoms with E-state index >= 15 is 0 Å². The number of carbonyl (C=O) groups excluding carboxylic acids is 1. The molecule has 1 aromatic rings. The monoisotopic (exact) mass is 298 g/mol. The average Bonchev–Trinajstić information content (AvgIpc) is 2.47. The molecule has 1 aliphatic rings. The molecule has 1 unspecified atom stereocenters. The number of hydrogen-bond donors (Lipinski definition) is 1. The van der Waals surface area contributed by atoms with Crippen LogP contribution in [-0.4, -0.2) is 45.4 Å². The van der Waals surface area contributed by atoms with Crippen molar-refractivity contribution in [2.75, 3.05) is 38.3 Å². The van der Waals surface area contributed by atoms with E-state index in [1.807, 2.05) is 18.2 Å². The minimum Gasteiger partial charge on any atom is -0.468 e. The number of rotatable bonds is 4. The van der Waals surface area contributed by atoms with E-state index in [1.54, 1.807) is 0 Å². The summed E-state index contributed by atoms with van der Waals surface area (Å²) in [6, 6.07) is 5.10. The first-order valence-corrected chi connectivity index (χ1v) is 6.94. The number of hydrogen-bond acceptors (Lipinski definition) is 5. The Balaban J connectivity index is 2.07. The molecule has 0 radical (unpaired) electrons. The Kier molecular flexibility index (Phi) is 5.23. The number of halogens is 1. The molecule has 1 atom stereocenters. The first kappa shape index (κ1) is 15.1. The van der Waals surface area contributed by atoms with E-state index in [4.69, 9.17) is 22.1 Å². The Morgan fingerprint density at radius 2 is 2.20 bits per heavy atom. The van der Waals surface area contributed by atoms with Crippen LogP contribution in [0, 0.1) is 0 Å². The molecular formula is C14H19ClN2O3. The molecule has 2 rings (SSSR count). The summed E-state index contributed by atoms with van der Waals surface area (Å²) >= 11 is 6.32. The summed E-state index contributed by atoms with van der Waals surface area (Å²) in [5, 5.41) is 0.668. The molecule has 1 aromatic carbocycles. The largest absolute Gasteiger partial charge is 0.468 e. The van der Waals surface area contributed by atoms with Crippen molar-refractivity contribution in [3.63, 3.8) is 0 Å². The lowest BCUT2D eigenvalue weighted by Gasteiger charge is -2.29. The lowest BCUT2D eigenvalue weighted by atomic mass is 10.1. The maximum absolute atomic E-state index is 11.3. The fraction of sp³-hybridized carbons (Fsp3) is 0.500. The molecule has 110 valence electrons. The van der Waals surface area contributed by atoms with Crippen LogP contribution in [0.3, 0.4) is 0 Å². The van der Waals surface area contributed by atoms with Gasteiger partial charge in [-0.2, -0.15) is 0 Å². The van der Waals surface area contributed by atoms with Crippen molar-refractivity contribution >= 4 is 23.3 Å². The topological polar surface area (TPSA) is 64.8 Å². The third kappa shape index (κ3) is 3.62. The van der Waals surface area contributed by atoms with Crippen molar-refractivity contribution in [3.8, 4) is 0 Å². The van der Waals surface area contributed by atoms with Crippen LogP contribution in [0.5, 0.6) is 0 Å². The number of ether oxygens (including phenoxy) is 2. The first-order valence-electron chi connectivity index (χ1n) is 6.56. The quantitative estimate of drug-likeness (QED) is 0.847. The standard InChI is InChI=1S/C14H19ClN2O3/c1-19-14(18)12(16)9-10-2-3-13(11(15)8-10)17-4-6-20-7-5-17/h2-3,8,12H,4-7,9,16H2,1H3. The Labute approximate surface area is 123 Å². The van der Waals surface area contributed by atoms with Crippen LogP contribution in [-0.2, 0) is 20.7 Å². The number of nitrogens with zero attached hydrogens (tertiary/aromatic N) is 1. The summed E-state index contributed by atoms with van der Waals surface area (Å²) in [6.45, 7) is 3.10. The van der Waals surface area contributed by atoms with Gasteiger partial charge in [-0.3, -0.25) is 4.79 Å². The zero-order chi connectivity index (χ0) is 14.5. The number of benzene rings is 1. The van der Waals surface area contributed by atoms with Gasteiger partial charge in [0.25, 0.3) is 0 Å². The predicted octanol–water partition coefficient (Wildman–Crippen LogP) is 1.22. The SMILES string of the molecule is COC(=O)C(N)Cc1ccc(N2CCOCC2)c(Cl)c1. The normalized spacial score (nSPS) is 16.9.